The van der Waals surface area contributed by atoms with Crippen LogP contribution in [-0.4, -0.2) is 79.4 Å². The van der Waals surface area contributed by atoms with Crippen molar-refractivity contribution in [2.75, 3.05) is 47.4 Å². The van der Waals surface area contributed by atoms with Crippen LogP contribution >= 0.6 is 0 Å². The molecule has 0 radical (unpaired) electrons. The molecule has 0 saturated heterocycles. The SMILES string of the molecule is CNCCN(C)Cc1c[nH]nc1[C@H]1CC[C@@H](N(CCC(C)C)C(=O)CCCOC)CC1. The molecule has 1 aliphatic carbocycles. The van der Waals surface area contributed by atoms with Gasteiger partial charge in [0.15, 0.2) is 0 Å². The first-order chi connectivity index (χ1) is 15.0. The summed E-state index contributed by atoms with van der Waals surface area (Å²) in [6.07, 6.45) is 8.87. The Hall–Kier alpha value is -1.44. The number of hydrogen-bond acceptors (Lipinski definition) is 5. The molecule has 0 atom stereocenters. The van der Waals surface area contributed by atoms with E-state index in [-0.39, 0.29) is 0 Å². The topological polar surface area (TPSA) is 73.5 Å². The van der Waals surface area contributed by atoms with Gasteiger partial charge in [-0.15, -0.1) is 0 Å². The van der Waals surface area contributed by atoms with Crippen molar-refractivity contribution in [1.29, 1.82) is 0 Å². The van der Waals surface area contributed by atoms with Gasteiger partial charge in [0.05, 0.1) is 5.69 Å². The molecule has 1 aromatic rings. The largest absolute Gasteiger partial charge is 0.385 e. The van der Waals surface area contributed by atoms with Crippen LogP contribution in [0.3, 0.4) is 0 Å². The highest BCUT2D eigenvalue weighted by atomic mass is 16.5. The quantitative estimate of drug-likeness (QED) is 0.438. The molecule has 0 bridgehead atoms. The number of amides is 1. The molecule has 1 aliphatic rings. The molecule has 2 N–H and O–H groups in total. The molecular formula is C24H45N5O2. The monoisotopic (exact) mass is 435 g/mol. The predicted octanol–water partition coefficient (Wildman–Crippen LogP) is 3.39. The molecule has 31 heavy (non-hydrogen) atoms. The van der Waals surface area contributed by atoms with Crippen molar-refractivity contribution < 1.29 is 9.53 Å². The summed E-state index contributed by atoms with van der Waals surface area (Å²) in [6, 6.07) is 0.366. The van der Waals surface area contributed by atoms with E-state index < -0.39 is 0 Å². The highest BCUT2D eigenvalue weighted by molar-refractivity contribution is 5.76. The normalized spacial score (nSPS) is 19.3. The van der Waals surface area contributed by atoms with Gasteiger partial charge in [0.25, 0.3) is 0 Å². The molecule has 1 saturated carbocycles. The van der Waals surface area contributed by atoms with Crippen molar-refractivity contribution in [3.8, 4) is 0 Å². The number of ether oxygens (including phenoxy) is 1. The van der Waals surface area contributed by atoms with Crippen molar-refractivity contribution >= 4 is 5.91 Å². The molecule has 1 aromatic heterocycles. The lowest BCUT2D eigenvalue weighted by atomic mass is 9.82. The highest BCUT2D eigenvalue weighted by Crippen LogP contribution is 2.36. The van der Waals surface area contributed by atoms with Crippen LogP contribution in [0.1, 0.15) is 76.0 Å². The molecule has 0 spiro atoms. The molecule has 1 heterocycles. The predicted molar refractivity (Wildman–Crippen MR) is 126 cm³/mol. The number of aromatic nitrogens is 2. The zero-order chi connectivity index (χ0) is 22.6. The highest BCUT2D eigenvalue weighted by Gasteiger charge is 2.31. The van der Waals surface area contributed by atoms with E-state index in [1.54, 1.807) is 7.11 Å². The van der Waals surface area contributed by atoms with Gasteiger partial charge in [0.2, 0.25) is 5.91 Å². The minimum atomic E-state index is 0.299. The minimum absolute atomic E-state index is 0.299. The maximum absolute atomic E-state index is 12.9. The summed E-state index contributed by atoms with van der Waals surface area (Å²) in [5, 5.41) is 10.9. The summed E-state index contributed by atoms with van der Waals surface area (Å²) in [5.74, 6) is 1.40. The van der Waals surface area contributed by atoms with Crippen LogP contribution in [0.15, 0.2) is 6.20 Å². The molecule has 1 fully saturated rings. The van der Waals surface area contributed by atoms with Gasteiger partial charge in [0, 0.05) is 70.0 Å². The Morgan fingerprint density at radius 2 is 2.03 bits per heavy atom. The standard InChI is InChI=1S/C24H45N5O2/c1-19(2)12-14-29(23(30)7-6-16-31-5)22-10-8-20(9-11-22)24-21(17-26-27-24)18-28(4)15-13-25-3/h17,19-20,22,25H,6-16,18H2,1-5H3,(H,26,27)/t20-,22+. The summed E-state index contributed by atoms with van der Waals surface area (Å²) in [5.41, 5.74) is 2.55. The van der Waals surface area contributed by atoms with Crippen LogP contribution in [0.5, 0.6) is 0 Å². The third-order valence-electron chi connectivity index (χ3n) is 6.47. The summed E-state index contributed by atoms with van der Waals surface area (Å²) >= 11 is 0. The summed E-state index contributed by atoms with van der Waals surface area (Å²) in [6.45, 7) is 8.92. The molecule has 2 rings (SSSR count). The van der Waals surface area contributed by atoms with Crippen molar-refractivity contribution in [2.24, 2.45) is 5.92 Å². The van der Waals surface area contributed by atoms with Gasteiger partial charge in [-0.1, -0.05) is 13.8 Å². The zero-order valence-corrected chi connectivity index (χ0v) is 20.5. The van der Waals surface area contributed by atoms with E-state index in [0.29, 0.717) is 36.8 Å². The second kappa shape index (κ2) is 13.9. The molecule has 7 heteroatoms. The number of likely N-dealkylation sites (N-methyl/N-ethyl adjacent to an activating group) is 2. The number of carbonyl (C=O) groups excluding carboxylic acids is 1. The molecule has 0 unspecified atom stereocenters. The van der Waals surface area contributed by atoms with Crippen molar-refractivity contribution in [3.05, 3.63) is 17.5 Å². The number of nitrogens with zero attached hydrogens (tertiary/aromatic N) is 3. The zero-order valence-electron chi connectivity index (χ0n) is 20.5. The third kappa shape index (κ3) is 8.54. The van der Waals surface area contributed by atoms with E-state index in [2.05, 4.69) is 52.4 Å². The van der Waals surface area contributed by atoms with Crippen LogP contribution in [0.2, 0.25) is 0 Å². The summed E-state index contributed by atoms with van der Waals surface area (Å²) in [7, 11) is 5.85. The third-order valence-corrected chi connectivity index (χ3v) is 6.47. The molecule has 0 aliphatic heterocycles. The fourth-order valence-corrected chi connectivity index (χ4v) is 4.56. The van der Waals surface area contributed by atoms with Crippen molar-refractivity contribution in [2.45, 2.75) is 77.3 Å². The number of rotatable bonds is 14. The van der Waals surface area contributed by atoms with E-state index in [1.165, 1.54) is 11.3 Å². The van der Waals surface area contributed by atoms with E-state index in [4.69, 9.17) is 4.74 Å². The Balaban J connectivity index is 1.94. The second-order valence-corrected chi connectivity index (χ2v) is 9.51. The molecule has 0 aromatic carbocycles. The van der Waals surface area contributed by atoms with Crippen LogP contribution in [-0.2, 0) is 16.1 Å². The van der Waals surface area contributed by atoms with Gasteiger partial charge in [-0.2, -0.15) is 5.10 Å². The van der Waals surface area contributed by atoms with E-state index in [0.717, 1.165) is 64.7 Å². The van der Waals surface area contributed by atoms with Gasteiger partial charge >= 0.3 is 0 Å². The van der Waals surface area contributed by atoms with Gasteiger partial charge in [-0.3, -0.25) is 9.89 Å². The van der Waals surface area contributed by atoms with Gasteiger partial charge in [-0.05, 0) is 58.5 Å². The number of hydrogen-bond donors (Lipinski definition) is 2. The Morgan fingerprint density at radius 1 is 1.29 bits per heavy atom. The number of aromatic amines is 1. The van der Waals surface area contributed by atoms with Gasteiger partial charge in [0.1, 0.15) is 0 Å². The van der Waals surface area contributed by atoms with Gasteiger partial charge < -0.3 is 19.9 Å². The number of methoxy groups -OCH3 is 1. The summed E-state index contributed by atoms with van der Waals surface area (Å²) in [4.78, 5) is 17.5. The lowest BCUT2D eigenvalue weighted by Gasteiger charge is -2.37. The Bertz CT molecular complexity index is 625. The summed E-state index contributed by atoms with van der Waals surface area (Å²) < 4.78 is 5.14. The second-order valence-electron chi connectivity index (χ2n) is 9.51. The first kappa shape index (κ1) is 25.8. The average molecular weight is 436 g/mol. The average Bonchev–Trinajstić information content (AvgIpc) is 3.20. The number of nitrogens with one attached hydrogen (secondary N) is 2. The first-order valence-corrected chi connectivity index (χ1v) is 12.1. The first-order valence-electron chi connectivity index (χ1n) is 12.1. The Labute approximate surface area is 189 Å². The van der Waals surface area contributed by atoms with E-state index in [9.17, 15) is 4.79 Å². The lowest BCUT2D eigenvalue weighted by molar-refractivity contribution is -0.134. The van der Waals surface area contributed by atoms with Crippen molar-refractivity contribution in [1.82, 2.24) is 25.3 Å². The lowest BCUT2D eigenvalue weighted by Crippen LogP contribution is -2.43. The van der Waals surface area contributed by atoms with Crippen LogP contribution in [0.4, 0.5) is 0 Å². The fourth-order valence-electron chi connectivity index (χ4n) is 4.56. The van der Waals surface area contributed by atoms with Crippen LogP contribution < -0.4 is 5.32 Å². The van der Waals surface area contributed by atoms with Crippen molar-refractivity contribution in [3.63, 3.8) is 0 Å². The smallest absolute Gasteiger partial charge is 0.222 e. The van der Waals surface area contributed by atoms with E-state index in [1.807, 2.05) is 7.05 Å². The number of H-pyrrole nitrogens is 1. The molecule has 1 amide bonds. The number of carbonyl (C=O) groups is 1. The Morgan fingerprint density at radius 3 is 2.68 bits per heavy atom. The van der Waals surface area contributed by atoms with Crippen LogP contribution in [0, 0.1) is 5.92 Å². The van der Waals surface area contributed by atoms with Gasteiger partial charge in [-0.25, -0.2) is 0 Å². The fraction of sp³-hybridized carbons (Fsp3) is 0.833. The van der Waals surface area contributed by atoms with Crippen LogP contribution in [0.25, 0.3) is 0 Å². The molecule has 178 valence electrons. The molecule has 7 nitrogen and oxygen atoms in total. The Kier molecular flexibility index (Phi) is 11.5. The van der Waals surface area contributed by atoms with E-state index >= 15 is 0 Å². The maximum Gasteiger partial charge on any atom is 0.222 e. The minimum Gasteiger partial charge on any atom is -0.385 e. The molecular weight excluding hydrogens is 390 g/mol. The maximum atomic E-state index is 12.9.